The number of hydrogen-bond acceptors (Lipinski definition) is 5. The highest BCUT2D eigenvalue weighted by molar-refractivity contribution is 7.99. The molecule has 3 rings (SSSR count). The molecule has 0 unspecified atom stereocenters. The minimum atomic E-state index is 0.0390. The number of anilines is 1. The Hall–Kier alpha value is -1.53. The molecule has 1 aromatic heterocycles. The van der Waals surface area contributed by atoms with Gasteiger partial charge in [-0.05, 0) is 49.9 Å². The summed E-state index contributed by atoms with van der Waals surface area (Å²) in [6.45, 7) is 0. The Bertz CT molecular complexity index is 644. The van der Waals surface area contributed by atoms with Crippen molar-refractivity contribution in [2.24, 2.45) is 0 Å². The predicted molar refractivity (Wildman–Crippen MR) is 95.7 cm³/mol. The van der Waals surface area contributed by atoms with Crippen molar-refractivity contribution in [3.8, 4) is 5.75 Å². The van der Waals surface area contributed by atoms with Crippen molar-refractivity contribution in [1.82, 2.24) is 4.98 Å². The van der Waals surface area contributed by atoms with Crippen LogP contribution in [0, 0.1) is 0 Å². The molecule has 1 aliphatic rings. The molecule has 0 aliphatic heterocycles. The van der Waals surface area contributed by atoms with Crippen LogP contribution in [-0.4, -0.2) is 23.8 Å². The molecule has 0 saturated heterocycles. The third-order valence-electron chi connectivity index (χ3n) is 3.75. The second-order valence-corrected chi connectivity index (χ2v) is 7.67. The van der Waals surface area contributed by atoms with Gasteiger partial charge < -0.3 is 10.1 Å². The fourth-order valence-corrected chi connectivity index (χ4v) is 4.44. The van der Waals surface area contributed by atoms with Crippen molar-refractivity contribution in [3.63, 3.8) is 0 Å². The van der Waals surface area contributed by atoms with E-state index >= 15 is 0 Å². The zero-order valence-electron chi connectivity index (χ0n) is 13.1. The summed E-state index contributed by atoms with van der Waals surface area (Å²) >= 11 is 3.31. The number of hydrogen-bond donors (Lipinski definition) is 1. The van der Waals surface area contributed by atoms with Gasteiger partial charge in [0.15, 0.2) is 5.13 Å². The zero-order chi connectivity index (χ0) is 16.1. The van der Waals surface area contributed by atoms with Gasteiger partial charge in [0.1, 0.15) is 5.75 Å². The fraction of sp³-hybridized carbons (Fsp3) is 0.412. The largest absolute Gasteiger partial charge is 0.497 e. The van der Waals surface area contributed by atoms with Crippen LogP contribution < -0.4 is 10.1 Å². The lowest BCUT2D eigenvalue weighted by Crippen LogP contribution is -2.12. The standard InChI is InChI=1S/C17H20N2O2S2/c1-21-12-6-8-13(9-7-12)22-11-10-16(20)19-17-18-14-4-2-3-5-15(14)23-17/h6-9H,2-5,10-11H2,1H3,(H,18,19,20). The number of thiazole rings is 1. The van der Waals surface area contributed by atoms with Gasteiger partial charge in [0, 0.05) is 21.9 Å². The molecule has 4 nitrogen and oxygen atoms in total. The number of amides is 1. The van der Waals surface area contributed by atoms with Gasteiger partial charge in [-0.25, -0.2) is 4.98 Å². The number of aromatic nitrogens is 1. The number of rotatable bonds is 6. The Kier molecular flexibility index (Phi) is 5.56. The van der Waals surface area contributed by atoms with Crippen molar-refractivity contribution in [2.45, 2.75) is 37.0 Å². The molecule has 0 bridgehead atoms. The van der Waals surface area contributed by atoms with E-state index in [4.69, 9.17) is 4.74 Å². The van der Waals surface area contributed by atoms with Crippen molar-refractivity contribution in [3.05, 3.63) is 34.8 Å². The quantitative estimate of drug-likeness (QED) is 0.797. The van der Waals surface area contributed by atoms with Gasteiger partial charge in [0.2, 0.25) is 5.91 Å². The topological polar surface area (TPSA) is 51.2 Å². The van der Waals surface area contributed by atoms with Crippen LogP contribution in [0.3, 0.4) is 0 Å². The van der Waals surface area contributed by atoms with E-state index in [1.165, 1.54) is 23.4 Å². The summed E-state index contributed by atoms with van der Waals surface area (Å²) in [7, 11) is 1.66. The minimum Gasteiger partial charge on any atom is -0.497 e. The number of nitrogens with zero attached hydrogens (tertiary/aromatic N) is 1. The molecule has 1 amide bonds. The Labute approximate surface area is 144 Å². The van der Waals surface area contributed by atoms with E-state index < -0.39 is 0 Å². The molecule has 1 aliphatic carbocycles. The lowest BCUT2D eigenvalue weighted by molar-refractivity contribution is -0.115. The third-order valence-corrected chi connectivity index (χ3v) is 5.84. The predicted octanol–water partition coefficient (Wildman–Crippen LogP) is 4.15. The number of benzene rings is 1. The van der Waals surface area contributed by atoms with Crippen LogP contribution in [0.5, 0.6) is 5.75 Å². The van der Waals surface area contributed by atoms with E-state index in [2.05, 4.69) is 10.3 Å². The molecular formula is C17H20N2O2S2. The summed E-state index contributed by atoms with van der Waals surface area (Å²) in [6.07, 6.45) is 5.09. The molecule has 6 heteroatoms. The Morgan fingerprint density at radius 2 is 2.09 bits per heavy atom. The highest BCUT2D eigenvalue weighted by Crippen LogP contribution is 2.29. The summed E-state index contributed by atoms with van der Waals surface area (Å²) in [4.78, 5) is 19.1. The molecular weight excluding hydrogens is 328 g/mol. The molecule has 1 N–H and O–H groups in total. The lowest BCUT2D eigenvalue weighted by Gasteiger charge is -2.06. The Balaban J connectivity index is 1.44. The lowest BCUT2D eigenvalue weighted by atomic mass is 10.0. The number of carbonyl (C=O) groups is 1. The van der Waals surface area contributed by atoms with Crippen LogP contribution in [0.1, 0.15) is 29.8 Å². The maximum absolute atomic E-state index is 12.0. The molecule has 2 aromatic rings. The van der Waals surface area contributed by atoms with Gasteiger partial charge in [0.25, 0.3) is 0 Å². The minimum absolute atomic E-state index is 0.0390. The van der Waals surface area contributed by atoms with E-state index in [0.29, 0.717) is 6.42 Å². The first-order valence-electron chi connectivity index (χ1n) is 7.80. The van der Waals surface area contributed by atoms with Crippen LogP contribution in [-0.2, 0) is 17.6 Å². The average molecular weight is 348 g/mol. The normalized spacial score (nSPS) is 13.4. The van der Waals surface area contributed by atoms with Crippen LogP contribution in [0.4, 0.5) is 5.13 Å². The second kappa shape index (κ2) is 7.84. The number of nitrogens with one attached hydrogen (secondary N) is 1. The molecule has 23 heavy (non-hydrogen) atoms. The van der Waals surface area contributed by atoms with E-state index in [0.717, 1.165) is 34.4 Å². The van der Waals surface area contributed by atoms with Gasteiger partial charge in [0.05, 0.1) is 12.8 Å². The number of fused-ring (bicyclic) bond motifs is 1. The molecule has 0 atom stereocenters. The SMILES string of the molecule is COc1ccc(SCCC(=O)Nc2nc3c(s2)CCCC3)cc1. The first kappa shape index (κ1) is 16.3. The first-order valence-corrected chi connectivity index (χ1v) is 9.60. The maximum atomic E-state index is 12.0. The summed E-state index contributed by atoms with van der Waals surface area (Å²) < 4.78 is 5.13. The molecule has 1 heterocycles. The van der Waals surface area contributed by atoms with E-state index in [-0.39, 0.29) is 5.91 Å². The highest BCUT2D eigenvalue weighted by Gasteiger charge is 2.16. The van der Waals surface area contributed by atoms with Gasteiger partial charge >= 0.3 is 0 Å². The van der Waals surface area contributed by atoms with Gasteiger partial charge in [-0.2, -0.15) is 0 Å². The average Bonchev–Trinajstić information content (AvgIpc) is 2.97. The summed E-state index contributed by atoms with van der Waals surface area (Å²) in [5, 5.41) is 3.70. The summed E-state index contributed by atoms with van der Waals surface area (Å²) in [5.41, 5.74) is 1.18. The van der Waals surface area contributed by atoms with Crippen LogP contribution in [0.2, 0.25) is 0 Å². The Morgan fingerprint density at radius 3 is 2.83 bits per heavy atom. The van der Waals surface area contributed by atoms with E-state index in [9.17, 15) is 4.79 Å². The monoisotopic (exact) mass is 348 g/mol. The van der Waals surface area contributed by atoms with E-state index in [1.807, 2.05) is 24.3 Å². The molecule has 0 radical (unpaired) electrons. The summed E-state index contributed by atoms with van der Waals surface area (Å²) in [6, 6.07) is 7.89. The van der Waals surface area contributed by atoms with Crippen molar-refractivity contribution in [2.75, 3.05) is 18.2 Å². The molecule has 0 spiro atoms. The number of carbonyl (C=O) groups excluding carboxylic acids is 1. The molecule has 1 aromatic carbocycles. The van der Waals surface area contributed by atoms with Gasteiger partial charge in [-0.15, -0.1) is 23.1 Å². The fourth-order valence-electron chi connectivity index (χ4n) is 2.52. The van der Waals surface area contributed by atoms with E-state index in [1.54, 1.807) is 30.2 Å². The van der Waals surface area contributed by atoms with Gasteiger partial charge in [-0.3, -0.25) is 4.79 Å². The smallest absolute Gasteiger partial charge is 0.226 e. The van der Waals surface area contributed by atoms with Gasteiger partial charge in [-0.1, -0.05) is 0 Å². The third kappa shape index (κ3) is 4.48. The summed E-state index contributed by atoms with van der Waals surface area (Å²) in [5.74, 6) is 1.64. The Morgan fingerprint density at radius 1 is 1.30 bits per heavy atom. The highest BCUT2D eigenvalue weighted by atomic mass is 32.2. The number of methoxy groups -OCH3 is 1. The van der Waals surface area contributed by atoms with Crippen LogP contribution in [0.15, 0.2) is 29.2 Å². The zero-order valence-corrected chi connectivity index (χ0v) is 14.8. The number of ether oxygens (including phenoxy) is 1. The van der Waals surface area contributed by atoms with Crippen molar-refractivity contribution >= 4 is 34.1 Å². The van der Waals surface area contributed by atoms with Crippen LogP contribution in [0.25, 0.3) is 0 Å². The maximum Gasteiger partial charge on any atom is 0.226 e. The molecule has 122 valence electrons. The molecule has 0 saturated carbocycles. The molecule has 0 fully saturated rings. The first-order chi connectivity index (χ1) is 11.2. The van der Waals surface area contributed by atoms with Crippen LogP contribution >= 0.6 is 23.1 Å². The number of aryl methyl sites for hydroxylation is 2. The second-order valence-electron chi connectivity index (χ2n) is 5.42. The van der Waals surface area contributed by atoms with Crippen molar-refractivity contribution in [1.29, 1.82) is 0 Å². The van der Waals surface area contributed by atoms with Crippen molar-refractivity contribution < 1.29 is 9.53 Å². The number of thioether (sulfide) groups is 1.